The lowest BCUT2D eigenvalue weighted by atomic mass is 9.85. The molecule has 6 aromatic rings. The van der Waals surface area contributed by atoms with E-state index in [4.69, 9.17) is 4.99 Å². The van der Waals surface area contributed by atoms with Crippen molar-refractivity contribution >= 4 is 16.9 Å². The lowest BCUT2D eigenvalue weighted by Gasteiger charge is -2.20. The Morgan fingerprint density at radius 2 is 0.842 bits per heavy atom. The molecule has 5 aromatic carbocycles. The highest BCUT2D eigenvalue weighted by Gasteiger charge is 2.28. The van der Waals surface area contributed by atoms with Crippen LogP contribution in [0.5, 0.6) is 0 Å². The molecule has 1 aliphatic rings. The Hall–Kier alpha value is -5.47. The van der Waals surface area contributed by atoms with E-state index in [0.29, 0.717) is 0 Å². The third kappa shape index (κ3) is 8.47. The van der Waals surface area contributed by atoms with Crippen LogP contribution in [0.15, 0.2) is 150 Å². The number of hydrogen-bond acceptors (Lipinski definition) is 1. The largest absolute Gasteiger partial charge is 0.354 e. The highest BCUT2D eigenvalue weighted by molar-refractivity contribution is 6.20. The molecule has 7 rings (SSSR count). The molecule has 0 fully saturated rings. The summed E-state index contributed by atoms with van der Waals surface area (Å²) in [4.78, 5) is 9.62. The maximum atomic E-state index is 5.62. The summed E-state index contributed by atoms with van der Waals surface area (Å²) in [6.07, 6.45) is 2.29. The zero-order valence-electron chi connectivity index (χ0n) is 36.2. The second-order valence-corrected chi connectivity index (χ2v) is 19.9. The average Bonchev–Trinajstić information content (AvgIpc) is 3.80. The number of aromatic nitrogens is 1. The Bertz CT molecular complexity index is 2450. The fraction of sp³-hybridized carbons (Fsp3) is 0.291. The van der Waals surface area contributed by atoms with Gasteiger partial charge in [-0.15, -0.1) is 0 Å². The summed E-state index contributed by atoms with van der Waals surface area (Å²) in [6, 6.07) is 49.4. The molecular weight excluding hydrogens is 689 g/mol. The van der Waals surface area contributed by atoms with Gasteiger partial charge < -0.3 is 4.98 Å². The smallest absolute Gasteiger partial charge is 0.0815 e. The van der Waals surface area contributed by atoms with Crippen LogP contribution in [0.1, 0.15) is 128 Å². The molecule has 0 aliphatic carbocycles. The summed E-state index contributed by atoms with van der Waals surface area (Å²) in [5, 5.41) is 0. The SMILES string of the molecule is CC(C)(C)c1ccc(C2=CC(c3ccc(C(C)(C)C)cc3)=N/C2=C(/c2ccccc2)c2[nH]c(-c3ccc(C(C)(C)C)cc3)cc2-c2ccc(C(C)(C)C)cc2)cc1. The molecule has 1 N–H and O–H groups in total. The van der Waals surface area contributed by atoms with Gasteiger partial charge >= 0.3 is 0 Å². The van der Waals surface area contributed by atoms with E-state index in [1.165, 1.54) is 27.8 Å². The standard InChI is InChI=1S/C55H60N2/c1-52(2,3)41-26-18-36(19-27-41)45-34-47(38-22-30-43(31-23-38)54(7,8)9)56-50(45)49(40-16-14-13-15-17-40)51-46(37-20-28-42(29-21-37)53(4,5)6)35-48(57-51)39-24-32-44(33-25-39)55(10,11)12/h13-35,56H,1-12H3/b51-49-. The second-order valence-electron chi connectivity index (χ2n) is 19.9. The van der Waals surface area contributed by atoms with E-state index in [1.807, 2.05) is 0 Å². The molecule has 0 bridgehead atoms. The fourth-order valence-corrected chi connectivity index (χ4v) is 7.61. The molecule has 0 unspecified atom stereocenters. The normalized spacial score (nSPS) is 14.7. The molecule has 57 heavy (non-hydrogen) atoms. The first-order chi connectivity index (χ1) is 26.8. The Balaban J connectivity index is 1.51. The van der Waals surface area contributed by atoms with Gasteiger partial charge in [-0.1, -0.05) is 210 Å². The van der Waals surface area contributed by atoms with Crippen LogP contribution in [0.25, 0.3) is 33.5 Å². The van der Waals surface area contributed by atoms with Crippen molar-refractivity contribution in [3.63, 3.8) is 0 Å². The molecule has 290 valence electrons. The first kappa shape index (κ1) is 39.8. The third-order valence-electron chi connectivity index (χ3n) is 11.4. The predicted molar refractivity (Wildman–Crippen MR) is 246 cm³/mol. The minimum atomic E-state index is 0.0517. The zero-order chi connectivity index (χ0) is 40.9. The predicted octanol–water partition coefficient (Wildman–Crippen LogP) is 14.9. The fourth-order valence-electron chi connectivity index (χ4n) is 7.61. The van der Waals surface area contributed by atoms with Gasteiger partial charge in [-0.25, -0.2) is 4.99 Å². The van der Waals surface area contributed by atoms with E-state index in [1.54, 1.807) is 0 Å². The number of rotatable bonds is 6. The van der Waals surface area contributed by atoms with Crippen molar-refractivity contribution in [2.45, 2.75) is 105 Å². The van der Waals surface area contributed by atoms with Crippen molar-refractivity contribution < 1.29 is 0 Å². The number of nitrogens with zero attached hydrogens (tertiary/aromatic N) is 1. The number of H-pyrrole nitrogens is 1. The third-order valence-corrected chi connectivity index (χ3v) is 11.4. The van der Waals surface area contributed by atoms with Crippen LogP contribution in [0.3, 0.4) is 0 Å². The highest BCUT2D eigenvalue weighted by Crippen LogP contribution is 2.44. The molecule has 2 heterocycles. The van der Waals surface area contributed by atoms with Crippen molar-refractivity contribution in [1.29, 1.82) is 0 Å². The van der Waals surface area contributed by atoms with Gasteiger partial charge in [0.15, 0.2) is 0 Å². The first-order valence-corrected chi connectivity index (χ1v) is 20.5. The molecule has 0 saturated heterocycles. The number of aliphatic imine (C=N–C) groups is 1. The van der Waals surface area contributed by atoms with Crippen LogP contribution < -0.4 is 0 Å². The maximum absolute atomic E-state index is 5.62. The molecule has 2 nitrogen and oxygen atoms in total. The molecule has 0 amide bonds. The van der Waals surface area contributed by atoms with E-state index in [9.17, 15) is 0 Å². The summed E-state index contributed by atoms with van der Waals surface area (Å²) in [5.41, 5.74) is 18.6. The molecular formula is C55H60N2. The van der Waals surface area contributed by atoms with Crippen LogP contribution in [0.2, 0.25) is 0 Å². The van der Waals surface area contributed by atoms with Gasteiger partial charge in [0, 0.05) is 28.0 Å². The Kier molecular flexibility index (Phi) is 10.3. The molecule has 0 radical (unpaired) electrons. The van der Waals surface area contributed by atoms with Gasteiger partial charge in [0.05, 0.1) is 17.1 Å². The van der Waals surface area contributed by atoms with Crippen molar-refractivity contribution in [3.8, 4) is 22.4 Å². The average molecular weight is 749 g/mol. The number of hydrogen-bond donors (Lipinski definition) is 1. The molecule has 1 aromatic heterocycles. The molecule has 0 atom stereocenters. The number of allylic oxidation sites excluding steroid dienone is 2. The number of nitrogens with one attached hydrogen (secondary N) is 1. The van der Waals surface area contributed by atoms with Crippen molar-refractivity contribution in [2.24, 2.45) is 4.99 Å². The van der Waals surface area contributed by atoms with E-state index in [-0.39, 0.29) is 21.7 Å². The van der Waals surface area contributed by atoms with E-state index in [0.717, 1.165) is 61.8 Å². The van der Waals surface area contributed by atoms with Crippen molar-refractivity contribution in [3.05, 3.63) is 190 Å². The Labute approximate surface area is 342 Å². The number of benzene rings is 5. The van der Waals surface area contributed by atoms with Crippen LogP contribution in [-0.4, -0.2) is 10.7 Å². The zero-order valence-corrected chi connectivity index (χ0v) is 36.2. The first-order valence-electron chi connectivity index (χ1n) is 20.5. The molecule has 0 spiro atoms. The van der Waals surface area contributed by atoms with Gasteiger partial charge in [0.25, 0.3) is 0 Å². The summed E-state index contributed by atoms with van der Waals surface area (Å²) in [5.74, 6) is 0. The topological polar surface area (TPSA) is 28.1 Å². The molecule has 2 heteroatoms. The molecule has 1 aliphatic heterocycles. The van der Waals surface area contributed by atoms with Crippen LogP contribution in [0, 0.1) is 0 Å². The quantitative estimate of drug-likeness (QED) is 0.176. The highest BCUT2D eigenvalue weighted by atomic mass is 14.8. The summed E-state index contributed by atoms with van der Waals surface area (Å²) in [6.45, 7) is 27.2. The second kappa shape index (κ2) is 14.8. The van der Waals surface area contributed by atoms with Gasteiger partial charge in [-0.2, -0.15) is 0 Å². The van der Waals surface area contributed by atoms with Crippen LogP contribution >= 0.6 is 0 Å². The Morgan fingerprint density at radius 1 is 0.439 bits per heavy atom. The van der Waals surface area contributed by atoms with Gasteiger partial charge in [0.2, 0.25) is 0 Å². The van der Waals surface area contributed by atoms with Crippen LogP contribution in [-0.2, 0) is 21.7 Å². The summed E-state index contributed by atoms with van der Waals surface area (Å²) < 4.78 is 0. The lowest BCUT2D eigenvalue weighted by molar-refractivity contribution is 0.590. The lowest BCUT2D eigenvalue weighted by Crippen LogP contribution is -2.11. The van der Waals surface area contributed by atoms with Crippen molar-refractivity contribution in [1.82, 2.24) is 4.98 Å². The van der Waals surface area contributed by atoms with E-state index >= 15 is 0 Å². The van der Waals surface area contributed by atoms with Gasteiger partial charge in [-0.3, -0.25) is 0 Å². The van der Waals surface area contributed by atoms with Gasteiger partial charge in [-0.05, 0) is 78.3 Å². The summed E-state index contributed by atoms with van der Waals surface area (Å²) >= 11 is 0. The minimum Gasteiger partial charge on any atom is -0.354 e. The van der Waals surface area contributed by atoms with Gasteiger partial charge in [0.1, 0.15) is 0 Å². The van der Waals surface area contributed by atoms with E-state index < -0.39 is 0 Å². The van der Waals surface area contributed by atoms with E-state index in [2.05, 4.69) is 228 Å². The van der Waals surface area contributed by atoms with Crippen molar-refractivity contribution in [2.75, 3.05) is 0 Å². The molecule has 0 saturated carbocycles. The Morgan fingerprint density at radius 3 is 1.28 bits per heavy atom. The summed E-state index contributed by atoms with van der Waals surface area (Å²) in [7, 11) is 0. The van der Waals surface area contributed by atoms with Crippen LogP contribution in [0.4, 0.5) is 0 Å². The minimum absolute atomic E-state index is 0.0517. The number of aromatic amines is 1. The maximum Gasteiger partial charge on any atom is 0.0815 e. The monoisotopic (exact) mass is 748 g/mol.